The molecule has 0 aromatic carbocycles. The van der Waals surface area contributed by atoms with Crippen molar-refractivity contribution in [3.05, 3.63) is 24.0 Å². The summed E-state index contributed by atoms with van der Waals surface area (Å²) in [5.41, 5.74) is 1.03. The molecule has 1 heterocycles. The van der Waals surface area contributed by atoms with E-state index in [1.807, 2.05) is 46.0 Å². The number of carbonyl (C=O) groups excluding carboxylic acids is 1. The molecule has 1 amide bonds. The lowest BCUT2D eigenvalue weighted by molar-refractivity contribution is 0.0636. The van der Waals surface area contributed by atoms with E-state index in [4.69, 9.17) is 4.74 Å². The monoisotopic (exact) mass is 352 g/mol. The minimum atomic E-state index is -2.24. The molecule has 0 aliphatic rings. The van der Waals surface area contributed by atoms with Crippen LogP contribution in [0.25, 0.3) is 0 Å². The van der Waals surface area contributed by atoms with E-state index in [0.717, 1.165) is 12.1 Å². The molecule has 1 atom stereocenters. The Kier molecular flexibility index (Phi) is 6.22. The number of pyridine rings is 1. The molecule has 2 N–H and O–H groups in total. The fourth-order valence-electron chi connectivity index (χ4n) is 2.31. The Hall–Kier alpha value is -1.40. The zero-order valence-corrected chi connectivity index (χ0v) is 17.2. The van der Waals surface area contributed by atoms with Crippen LogP contribution in [-0.4, -0.2) is 29.8 Å². The maximum atomic E-state index is 11.8. The van der Waals surface area contributed by atoms with E-state index in [1.54, 1.807) is 6.20 Å². The van der Waals surface area contributed by atoms with Crippen LogP contribution in [0.15, 0.2) is 18.3 Å². The molecule has 0 spiro atoms. The van der Waals surface area contributed by atoms with Crippen molar-refractivity contribution < 1.29 is 14.3 Å². The molecule has 136 valence electrons. The van der Waals surface area contributed by atoms with Gasteiger partial charge in [-0.05, 0) is 63.4 Å². The summed E-state index contributed by atoms with van der Waals surface area (Å²) in [7, 11) is -2.24. The first-order valence-electron chi connectivity index (χ1n) is 8.39. The molecular formula is C18H32N2O3Si. The second kappa shape index (κ2) is 7.23. The molecule has 0 bridgehead atoms. The van der Waals surface area contributed by atoms with Gasteiger partial charge in [0.05, 0.1) is 11.9 Å². The zero-order chi connectivity index (χ0) is 18.8. The summed E-state index contributed by atoms with van der Waals surface area (Å²) in [5, 5.41) is 2.58. The normalized spacial score (nSPS) is 14.2. The molecule has 0 unspecified atom stereocenters. The van der Waals surface area contributed by atoms with Crippen LogP contribution >= 0.6 is 0 Å². The third kappa shape index (κ3) is 6.24. The summed E-state index contributed by atoms with van der Waals surface area (Å²) in [6.07, 6.45) is 2.03. The van der Waals surface area contributed by atoms with E-state index in [0.29, 0.717) is 5.69 Å². The lowest BCUT2D eigenvalue weighted by Gasteiger charge is -2.37. The van der Waals surface area contributed by atoms with E-state index in [1.165, 1.54) is 0 Å². The topological polar surface area (TPSA) is 71.5 Å². The molecular weight excluding hydrogens is 320 g/mol. The third-order valence-electron chi connectivity index (χ3n) is 4.41. The van der Waals surface area contributed by atoms with Gasteiger partial charge in [0.1, 0.15) is 5.60 Å². The summed E-state index contributed by atoms with van der Waals surface area (Å²) in [6.45, 7) is 15.8. The van der Waals surface area contributed by atoms with Crippen LogP contribution in [0.4, 0.5) is 10.5 Å². The highest BCUT2D eigenvalue weighted by Crippen LogP contribution is 2.43. The predicted octanol–water partition coefficient (Wildman–Crippen LogP) is 4.90. The van der Waals surface area contributed by atoms with Gasteiger partial charge in [0.15, 0.2) is 8.32 Å². The number of nitrogens with zero attached hydrogens (tertiary/aromatic N) is 1. The Morgan fingerprint density at radius 1 is 1.29 bits per heavy atom. The molecule has 1 aromatic rings. The number of rotatable bonds is 5. The van der Waals surface area contributed by atoms with E-state index in [9.17, 15) is 9.59 Å². The van der Waals surface area contributed by atoms with Gasteiger partial charge in [0, 0.05) is 5.69 Å². The molecule has 0 aliphatic carbocycles. The van der Waals surface area contributed by atoms with E-state index >= 15 is 0 Å². The SMILES string of the molecule is C[C@H](CC(C)(C)[Si](C)(C)O)c1ccc(NC(=O)OC(C)(C)C)cn1. The van der Waals surface area contributed by atoms with Crippen LogP contribution in [0.1, 0.15) is 59.6 Å². The van der Waals surface area contributed by atoms with Gasteiger partial charge in [-0.15, -0.1) is 0 Å². The first-order chi connectivity index (χ1) is 10.7. The van der Waals surface area contributed by atoms with Crippen LogP contribution in [0.2, 0.25) is 18.1 Å². The van der Waals surface area contributed by atoms with Gasteiger partial charge in [0.25, 0.3) is 0 Å². The highest BCUT2D eigenvalue weighted by atomic mass is 28.4. The standard InChI is InChI=1S/C18H32N2O3Si/c1-13(11-18(5,6)24(7,8)22)15-10-9-14(12-19-15)20-16(21)23-17(2,3)4/h9-10,12-13,22H,11H2,1-8H3,(H,20,21)/t13-/m1/s1. The number of carbonyl (C=O) groups is 1. The molecule has 0 fully saturated rings. The van der Waals surface area contributed by atoms with Crippen molar-refractivity contribution in [3.8, 4) is 0 Å². The zero-order valence-electron chi connectivity index (χ0n) is 16.2. The molecule has 0 aliphatic heterocycles. The Morgan fingerprint density at radius 3 is 2.29 bits per heavy atom. The van der Waals surface area contributed by atoms with Crippen LogP contribution in [0.5, 0.6) is 0 Å². The highest BCUT2D eigenvalue weighted by molar-refractivity contribution is 6.72. The molecule has 6 heteroatoms. The molecule has 1 rings (SSSR count). The molecule has 0 saturated heterocycles. The molecule has 1 aromatic heterocycles. The van der Waals surface area contributed by atoms with Crippen LogP contribution in [0, 0.1) is 0 Å². The molecule has 5 nitrogen and oxygen atoms in total. The van der Waals surface area contributed by atoms with Crippen molar-refractivity contribution in [2.24, 2.45) is 0 Å². The summed E-state index contributed by atoms with van der Waals surface area (Å²) in [4.78, 5) is 26.7. The fraction of sp³-hybridized carbons (Fsp3) is 0.667. The number of amides is 1. The first kappa shape index (κ1) is 20.6. The van der Waals surface area contributed by atoms with Crippen molar-refractivity contribution >= 4 is 20.1 Å². The highest BCUT2D eigenvalue weighted by Gasteiger charge is 2.39. The average Bonchev–Trinajstić information content (AvgIpc) is 2.35. The number of nitrogens with one attached hydrogen (secondary N) is 1. The molecule has 0 saturated carbocycles. The van der Waals surface area contributed by atoms with Crippen LogP contribution in [0.3, 0.4) is 0 Å². The largest absolute Gasteiger partial charge is 0.444 e. The van der Waals surface area contributed by atoms with Crippen molar-refractivity contribution in [1.82, 2.24) is 4.98 Å². The number of ether oxygens (including phenoxy) is 1. The second-order valence-electron chi connectivity index (χ2n) is 8.65. The predicted molar refractivity (Wildman–Crippen MR) is 101 cm³/mol. The smallest absolute Gasteiger partial charge is 0.412 e. The Bertz CT molecular complexity index is 557. The van der Waals surface area contributed by atoms with Gasteiger partial charge in [-0.1, -0.05) is 20.8 Å². The van der Waals surface area contributed by atoms with Gasteiger partial charge < -0.3 is 9.53 Å². The quantitative estimate of drug-likeness (QED) is 0.739. The number of hydrogen-bond donors (Lipinski definition) is 2. The Morgan fingerprint density at radius 2 is 1.88 bits per heavy atom. The van der Waals surface area contributed by atoms with E-state index in [-0.39, 0.29) is 11.0 Å². The van der Waals surface area contributed by atoms with Crippen molar-refractivity contribution in [3.63, 3.8) is 0 Å². The lowest BCUT2D eigenvalue weighted by atomic mass is 9.94. The maximum absolute atomic E-state index is 11.8. The number of hydrogen-bond acceptors (Lipinski definition) is 4. The lowest BCUT2D eigenvalue weighted by Crippen LogP contribution is -2.39. The number of aromatic nitrogens is 1. The van der Waals surface area contributed by atoms with Gasteiger partial charge >= 0.3 is 6.09 Å². The second-order valence-corrected chi connectivity index (χ2v) is 13.1. The van der Waals surface area contributed by atoms with Gasteiger partial charge in [-0.2, -0.15) is 0 Å². The van der Waals surface area contributed by atoms with Crippen LogP contribution in [-0.2, 0) is 4.74 Å². The fourth-order valence-corrected chi connectivity index (χ4v) is 3.12. The average molecular weight is 353 g/mol. The minimum Gasteiger partial charge on any atom is -0.444 e. The summed E-state index contributed by atoms with van der Waals surface area (Å²) < 4.78 is 5.22. The molecule has 0 radical (unpaired) electrons. The van der Waals surface area contributed by atoms with Gasteiger partial charge in [-0.25, -0.2) is 4.79 Å². The summed E-state index contributed by atoms with van der Waals surface area (Å²) >= 11 is 0. The van der Waals surface area contributed by atoms with E-state index < -0.39 is 20.0 Å². The maximum Gasteiger partial charge on any atom is 0.412 e. The Balaban J connectivity index is 2.72. The molecule has 24 heavy (non-hydrogen) atoms. The Labute approximate surface area is 147 Å². The third-order valence-corrected chi connectivity index (χ3v) is 7.93. The van der Waals surface area contributed by atoms with Crippen LogP contribution < -0.4 is 5.32 Å². The van der Waals surface area contributed by atoms with Crippen molar-refractivity contribution in [1.29, 1.82) is 0 Å². The van der Waals surface area contributed by atoms with Gasteiger partial charge in [0.2, 0.25) is 0 Å². The number of anilines is 1. The van der Waals surface area contributed by atoms with Crippen molar-refractivity contribution in [2.75, 3.05) is 5.32 Å². The minimum absolute atomic E-state index is 0.0957. The summed E-state index contributed by atoms with van der Waals surface area (Å²) in [6, 6.07) is 3.75. The van der Waals surface area contributed by atoms with Crippen molar-refractivity contribution in [2.45, 2.75) is 77.6 Å². The summed E-state index contributed by atoms with van der Waals surface area (Å²) in [5.74, 6) is 0.231. The first-order valence-corrected chi connectivity index (χ1v) is 11.3. The van der Waals surface area contributed by atoms with Gasteiger partial charge in [-0.3, -0.25) is 10.3 Å². The van der Waals surface area contributed by atoms with E-state index in [2.05, 4.69) is 31.1 Å².